The van der Waals surface area contributed by atoms with Gasteiger partial charge in [0.15, 0.2) is 0 Å². The van der Waals surface area contributed by atoms with E-state index in [0.29, 0.717) is 8.78 Å². The molecule has 0 aliphatic rings. The van der Waals surface area contributed by atoms with Gasteiger partial charge < -0.3 is 10.8 Å². The molecule has 0 radical (unpaired) electrons. The first-order chi connectivity index (χ1) is 9.14. The van der Waals surface area contributed by atoms with Gasteiger partial charge in [-0.25, -0.2) is 8.42 Å². The molecule has 1 aromatic rings. The molecule has 0 heterocycles. The Bertz CT molecular complexity index is 633. The van der Waals surface area contributed by atoms with E-state index < -0.39 is 35.0 Å². The van der Waals surface area contributed by atoms with Gasteiger partial charge in [-0.2, -0.15) is 4.31 Å². The Morgan fingerprint density at radius 1 is 1.35 bits per heavy atom. The van der Waals surface area contributed by atoms with Gasteiger partial charge >= 0.3 is 5.97 Å². The molecule has 1 rings (SSSR count). The van der Waals surface area contributed by atoms with Crippen LogP contribution in [0.4, 0.5) is 0 Å². The van der Waals surface area contributed by atoms with Crippen LogP contribution in [0.2, 0.25) is 5.02 Å². The van der Waals surface area contributed by atoms with Gasteiger partial charge in [-0.1, -0.05) is 27.5 Å². The topological polar surface area (TPSA) is 118 Å². The van der Waals surface area contributed by atoms with Crippen molar-refractivity contribution in [3.05, 3.63) is 27.7 Å². The van der Waals surface area contributed by atoms with Crippen LogP contribution in [0.3, 0.4) is 0 Å². The lowest BCUT2D eigenvalue weighted by Crippen LogP contribution is -2.41. The molecule has 0 bridgehead atoms. The van der Waals surface area contributed by atoms with Crippen LogP contribution in [0.15, 0.2) is 27.6 Å². The molecule has 1 amide bonds. The van der Waals surface area contributed by atoms with Crippen molar-refractivity contribution >= 4 is 49.4 Å². The van der Waals surface area contributed by atoms with Crippen molar-refractivity contribution in [2.45, 2.75) is 4.90 Å². The van der Waals surface area contributed by atoms with Gasteiger partial charge in [0.2, 0.25) is 15.9 Å². The molecular formula is C10H10BrClN2O5S. The minimum Gasteiger partial charge on any atom is -0.480 e. The smallest absolute Gasteiger partial charge is 0.318 e. The van der Waals surface area contributed by atoms with Crippen LogP contribution >= 0.6 is 27.5 Å². The van der Waals surface area contributed by atoms with Crippen molar-refractivity contribution < 1.29 is 23.1 Å². The summed E-state index contributed by atoms with van der Waals surface area (Å²) in [6.45, 7) is -1.64. The number of nitrogens with two attached hydrogens (primary N) is 1. The average molecular weight is 386 g/mol. The molecule has 1 aromatic carbocycles. The quantitative estimate of drug-likeness (QED) is 0.746. The standard InChI is InChI=1S/C10H10BrClN2O5S/c11-6-1-2-8(7(12)3-6)20(18,19)14(4-9(13)15)5-10(16)17/h1-3H,4-5H2,(H2,13,15)(H,16,17). The van der Waals surface area contributed by atoms with E-state index in [1.807, 2.05) is 0 Å². The monoisotopic (exact) mass is 384 g/mol. The summed E-state index contributed by atoms with van der Waals surface area (Å²) in [6.07, 6.45) is 0. The highest BCUT2D eigenvalue weighted by atomic mass is 79.9. The third-order valence-corrected chi connectivity index (χ3v) is 4.92. The van der Waals surface area contributed by atoms with Crippen molar-refractivity contribution in [3.63, 3.8) is 0 Å². The number of rotatable bonds is 6. The van der Waals surface area contributed by atoms with Crippen LogP contribution in [0.1, 0.15) is 0 Å². The predicted molar refractivity (Wildman–Crippen MR) is 74.7 cm³/mol. The molecule has 0 atom stereocenters. The number of nitrogens with zero attached hydrogens (tertiary/aromatic N) is 1. The van der Waals surface area contributed by atoms with Crippen LogP contribution in [0.5, 0.6) is 0 Å². The summed E-state index contributed by atoms with van der Waals surface area (Å²) < 4.78 is 25.6. The predicted octanol–water partition coefficient (Wildman–Crippen LogP) is 0.663. The van der Waals surface area contributed by atoms with Crippen LogP contribution in [0.25, 0.3) is 0 Å². The second-order valence-electron chi connectivity index (χ2n) is 3.71. The first-order valence-corrected chi connectivity index (χ1v) is 7.71. The zero-order valence-electron chi connectivity index (χ0n) is 9.92. The number of carboxylic acids is 1. The number of hydrogen-bond donors (Lipinski definition) is 2. The lowest BCUT2D eigenvalue weighted by Gasteiger charge is -2.19. The molecule has 0 aliphatic carbocycles. The number of amides is 1. The lowest BCUT2D eigenvalue weighted by molar-refractivity contribution is -0.137. The number of carbonyl (C=O) groups excluding carboxylic acids is 1. The SMILES string of the molecule is NC(=O)CN(CC(=O)O)S(=O)(=O)c1ccc(Br)cc1Cl. The van der Waals surface area contributed by atoms with Crippen molar-refractivity contribution in [1.82, 2.24) is 4.31 Å². The summed E-state index contributed by atoms with van der Waals surface area (Å²) in [4.78, 5) is 21.3. The number of carbonyl (C=O) groups is 2. The summed E-state index contributed by atoms with van der Waals surface area (Å²) >= 11 is 8.95. The number of sulfonamides is 1. The highest BCUT2D eigenvalue weighted by Gasteiger charge is 2.29. The third kappa shape index (κ3) is 4.17. The number of benzene rings is 1. The molecule has 7 nitrogen and oxygen atoms in total. The van der Waals surface area contributed by atoms with E-state index in [4.69, 9.17) is 22.4 Å². The molecule has 0 saturated heterocycles. The summed E-state index contributed by atoms with van der Waals surface area (Å²) in [5.74, 6) is -2.38. The average Bonchev–Trinajstić information content (AvgIpc) is 2.26. The Balaban J connectivity index is 3.28. The number of aliphatic carboxylic acids is 1. The van der Waals surface area contributed by atoms with Gasteiger partial charge in [0.1, 0.15) is 11.4 Å². The molecule has 0 aromatic heterocycles. The van der Waals surface area contributed by atoms with Crippen LogP contribution in [-0.4, -0.2) is 42.8 Å². The highest BCUT2D eigenvalue weighted by molar-refractivity contribution is 9.10. The van der Waals surface area contributed by atoms with E-state index >= 15 is 0 Å². The molecule has 3 N–H and O–H groups in total. The molecule has 0 spiro atoms. The zero-order chi connectivity index (χ0) is 15.5. The van der Waals surface area contributed by atoms with Crippen molar-refractivity contribution in [1.29, 1.82) is 0 Å². The molecule has 0 aliphatic heterocycles. The molecule has 10 heteroatoms. The van der Waals surface area contributed by atoms with E-state index in [9.17, 15) is 18.0 Å². The van der Waals surface area contributed by atoms with Crippen LogP contribution < -0.4 is 5.73 Å². The van der Waals surface area contributed by atoms with Gasteiger partial charge in [0, 0.05) is 4.47 Å². The van der Waals surface area contributed by atoms with Gasteiger partial charge in [-0.05, 0) is 18.2 Å². The van der Waals surface area contributed by atoms with Crippen molar-refractivity contribution in [3.8, 4) is 0 Å². The summed E-state index contributed by atoms with van der Waals surface area (Å²) in [5.41, 5.74) is 4.93. The van der Waals surface area contributed by atoms with E-state index in [1.165, 1.54) is 18.2 Å². The Kier molecular flexibility index (Phi) is 5.51. The number of carboxylic acid groups (broad SMARTS) is 1. The second-order valence-corrected chi connectivity index (χ2v) is 6.94. The molecule has 0 unspecified atom stereocenters. The molecule has 20 heavy (non-hydrogen) atoms. The largest absolute Gasteiger partial charge is 0.480 e. The maximum absolute atomic E-state index is 12.3. The summed E-state index contributed by atoms with van der Waals surface area (Å²) in [6, 6.07) is 3.98. The Morgan fingerprint density at radius 3 is 2.40 bits per heavy atom. The molecule has 0 saturated carbocycles. The van der Waals surface area contributed by atoms with Gasteiger partial charge in [0.25, 0.3) is 0 Å². The normalized spacial score (nSPS) is 11.6. The van der Waals surface area contributed by atoms with E-state index in [1.54, 1.807) is 0 Å². The number of hydrogen-bond acceptors (Lipinski definition) is 4. The minimum atomic E-state index is -4.24. The molecule has 110 valence electrons. The molecular weight excluding hydrogens is 376 g/mol. The van der Waals surface area contributed by atoms with E-state index in [-0.39, 0.29) is 9.92 Å². The van der Waals surface area contributed by atoms with Gasteiger partial charge in [0.05, 0.1) is 11.6 Å². The fourth-order valence-corrected chi connectivity index (χ4v) is 3.74. The second kappa shape index (κ2) is 6.53. The van der Waals surface area contributed by atoms with Crippen LogP contribution in [-0.2, 0) is 19.6 Å². The lowest BCUT2D eigenvalue weighted by atomic mass is 10.4. The summed E-state index contributed by atoms with van der Waals surface area (Å²) in [5, 5.41) is 8.62. The van der Waals surface area contributed by atoms with Crippen LogP contribution in [0, 0.1) is 0 Å². The first kappa shape index (κ1) is 16.9. The number of primary amides is 1. The maximum Gasteiger partial charge on any atom is 0.318 e. The summed E-state index contributed by atoms with van der Waals surface area (Å²) in [7, 11) is -4.24. The van der Waals surface area contributed by atoms with E-state index in [2.05, 4.69) is 15.9 Å². The van der Waals surface area contributed by atoms with Gasteiger partial charge in [-0.3, -0.25) is 9.59 Å². The van der Waals surface area contributed by atoms with Crippen molar-refractivity contribution in [2.75, 3.05) is 13.1 Å². The number of halogens is 2. The Labute approximate surface area is 128 Å². The minimum absolute atomic E-state index is 0.0979. The fraction of sp³-hybridized carbons (Fsp3) is 0.200. The first-order valence-electron chi connectivity index (χ1n) is 5.10. The highest BCUT2D eigenvalue weighted by Crippen LogP contribution is 2.27. The Hall–Kier alpha value is -1.16. The van der Waals surface area contributed by atoms with Crippen molar-refractivity contribution in [2.24, 2.45) is 5.73 Å². The zero-order valence-corrected chi connectivity index (χ0v) is 13.1. The fourth-order valence-electron chi connectivity index (χ4n) is 1.37. The maximum atomic E-state index is 12.3. The van der Waals surface area contributed by atoms with E-state index in [0.717, 1.165) is 0 Å². The van der Waals surface area contributed by atoms with Gasteiger partial charge in [-0.15, -0.1) is 0 Å². The Morgan fingerprint density at radius 2 is 1.95 bits per heavy atom. The molecule has 0 fully saturated rings. The third-order valence-electron chi connectivity index (χ3n) is 2.16.